The van der Waals surface area contributed by atoms with Crippen LogP contribution in [0.5, 0.6) is 11.5 Å². The quantitative estimate of drug-likeness (QED) is 0.259. The molecule has 1 amide bonds. The van der Waals surface area contributed by atoms with Crippen LogP contribution < -0.4 is 20.8 Å². The molecule has 0 unspecified atom stereocenters. The number of hydrogen-bond acceptors (Lipinski definition) is 9. The number of rotatable bonds is 8. The Morgan fingerprint density at radius 1 is 0.848 bits per heavy atom. The van der Waals surface area contributed by atoms with E-state index in [2.05, 4.69) is 20.4 Å². The maximum Gasteiger partial charge on any atom is 0.256 e. The maximum atomic E-state index is 15.9. The molecular formula is C34H34FN5O6. The molecule has 5 aromatic rings. The topological polar surface area (TPSA) is 110 Å². The molecule has 0 saturated carbocycles. The van der Waals surface area contributed by atoms with Crippen LogP contribution in [0.4, 0.5) is 10.1 Å². The van der Waals surface area contributed by atoms with Crippen molar-refractivity contribution in [2.45, 2.75) is 0 Å². The fraction of sp³-hybridized carbons (Fsp3) is 0.353. The number of aromatic nitrogens is 1. The summed E-state index contributed by atoms with van der Waals surface area (Å²) in [7, 11) is 0. The number of furan rings is 1. The summed E-state index contributed by atoms with van der Waals surface area (Å²) in [5, 5.41) is 7.94. The molecule has 3 aliphatic rings. The average Bonchev–Trinajstić information content (AvgIpc) is 3.44. The molecule has 0 bridgehead atoms. The second kappa shape index (κ2) is 12.0. The van der Waals surface area contributed by atoms with Crippen LogP contribution in [0.3, 0.4) is 0 Å². The first-order valence-corrected chi connectivity index (χ1v) is 15.7. The fourth-order valence-corrected chi connectivity index (χ4v) is 6.57. The van der Waals surface area contributed by atoms with E-state index in [9.17, 15) is 9.59 Å². The van der Waals surface area contributed by atoms with Gasteiger partial charge in [0.05, 0.1) is 37.5 Å². The van der Waals surface area contributed by atoms with Gasteiger partial charge in [-0.25, -0.2) is 4.39 Å². The van der Waals surface area contributed by atoms with Crippen molar-refractivity contribution in [1.29, 1.82) is 0 Å². The van der Waals surface area contributed by atoms with Gasteiger partial charge in [0.2, 0.25) is 5.43 Å². The summed E-state index contributed by atoms with van der Waals surface area (Å²) in [5.74, 6) is -0.488. The predicted octanol–water partition coefficient (Wildman–Crippen LogP) is 3.94. The van der Waals surface area contributed by atoms with Gasteiger partial charge in [0.1, 0.15) is 27.9 Å². The molecule has 238 valence electrons. The molecule has 3 aromatic carbocycles. The summed E-state index contributed by atoms with van der Waals surface area (Å²) in [6.07, 6.45) is 1.53. The standard InChI is InChI=1S/C34H34FN5O6/c35-25-17-23-31-33(30(25)36-5-7-38-9-13-43-14-10-38)46-29-18-22-21-3-1-2-4-27(21)45-28(22)19-26(29)40(31)20-24(32(23)41)34(42)37-6-8-39-11-15-44-16-12-39/h1-4,17-20,36H,5-16H2,(H,37,42). The number of para-hydroxylation sites is 1. The summed E-state index contributed by atoms with van der Waals surface area (Å²) in [4.78, 5) is 31.7. The lowest BCUT2D eigenvalue weighted by molar-refractivity contribution is 0.0383. The third kappa shape index (κ3) is 5.17. The number of fused-ring (bicyclic) bond motifs is 5. The van der Waals surface area contributed by atoms with Crippen molar-refractivity contribution >= 4 is 44.4 Å². The van der Waals surface area contributed by atoms with Gasteiger partial charge in [-0.1, -0.05) is 18.2 Å². The number of ether oxygens (including phenoxy) is 3. The van der Waals surface area contributed by atoms with Crippen molar-refractivity contribution in [2.75, 3.05) is 84.1 Å². The summed E-state index contributed by atoms with van der Waals surface area (Å²) < 4.78 is 41.2. The molecule has 0 spiro atoms. The molecule has 2 fully saturated rings. The monoisotopic (exact) mass is 627 g/mol. The second-order valence-electron chi connectivity index (χ2n) is 11.8. The number of pyridine rings is 1. The molecule has 3 aliphatic heterocycles. The zero-order valence-electron chi connectivity index (χ0n) is 25.3. The Bertz CT molecular complexity index is 2030. The number of morpholine rings is 2. The molecule has 12 heteroatoms. The molecule has 2 N–H and O–H groups in total. The van der Waals surface area contributed by atoms with Crippen LogP contribution in [-0.2, 0) is 9.47 Å². The third-order valence-corrected chi connectivity index (χ3v) is 9.02. The third-order valence-electron chi connectivity index (χ3n) is 9.02. The van der Waals surface area contributed by atoms with Gasteiger partial charge in [0.15, 0.2) is 17.3 Å². The summed E-state index contributed by atoms with van der Waals surface area (Å²) in [6, 6.07) is 12.6. The summed E-state index contributed by atoms with van der Waals surface area (Å²) in [5.41, 5.74) is 1.84. The minimum absolute atomic E-state index is 0.0578. The van der Waals surface area contributed by atoms with Crippen LogP contribution in [-0.4, -0.2) is 99.1 Å². The predicted molar refractivity (Wildman–Crippen MR) is 172 cm³/mol. The van der Waals surface area contributed by atoms with Crippen molar-refractivity contribution in [3.63, 3.8) is 0 Å². The van der Waals surface area contributed by atoms with Crippen LogP contribution in [0, 0.1) is 5.82 Å². The van der Waals surface area contributed by atoms with Crippen LogP contribution in [0.15, 0.2) is 57.9 Å². The number of amides is 1. The minimum Gasteiger partial charge on any atom is -0.456 e. The number of nitrogens with one attached hydrogen (secondary N) is 2. The van der Waals surface area contributed by atoms with E-state index in [0.717, 1.165) is 42.5 Å². The normalized spacial score (nSPS) is 16.9. The Balaban J connectivity index is 1.21. The van der Waals surface area contributed by atoms with E-state index < -0.39 is 17.2 Å². The number of nitrogens with zero attached hydrogens (tertiary/aromatic N) is 3. The summed E-state index contributed by atoms with van der Waals surface area (Å²) in [6.45, 7) is 7.99. The molecule has 0 atom stereocenters. The Morgan fingerprint density at radius 2 is 1.57 bits per heavy atom. The lowest BCUT2D eigenvalue weighted by Crippen LogP contribution is -2.42. The molecule has 8 rings (SSSR count). The van der Waals surface area contributed by atoms with Crippen molar-refractivity contribution in [3.05, 3.63) is 70.3 Å². The van der Waals surface area contributed by atoms with E-state index in [0.29, 0.717) is 75.1 Å². The van der Waals surface area contributed by atoms with E-state index in [1.807, 2.05) is 36.4 Å². The fourth-order valence-electron chi connectivity index (χ4n) is 6.57. The molecule has 2 saturated heterocycles. The lowest BCUT2D eigenvalue weighted by Gasteiger charge is -2.28. The van der Waals surface area contributed by atoms with Crippen molar-refractivity contribution in [1.82, 2.24) is 19.7 Å². The second-order valence-corrected chi connectivity index (χ2v) is 11.8. The smallest absolute Gasteiger partial charge is 0.256 e. The van der Waals surface area contributed by atoms with E-state index in [1.54, 1.807) is 4.57 Å². The molecule has 46 heavy (non-hydrogen) atoms. The minimum atomic E-state index is -0.628. The number of halogens is 1. The van der Waals surface area contributed by atoms with Gasteiger partial charge in [-0.05, 0) is 18.2 Å². The molecule has 0 aliphatic carbocycles. The highest BCUT2D eigenvalue weighted by molar-refractivity contribution is 6.07. The van der Waals surface area contributed by atoms with Crippen molar-refractivity contribution in [3.8, 4) is 17.2 Å². The molecule has 11 nitrogen and oxygen atoms in total. The highest BCUT2D eigenvalue weighted by Gasteiger charge is 2.30. The number of carbonyl (C=O) groups excluding carboxylic acids is 1. The highest BCUT2D eigenvalue weighted by atomic mass is 19.1. The zero-order valence-corrected chi connectivity index (χ0v) is 25.3. The zero-order chi connectivity index (χ0) is 31.2. The van der Waals surface area contributed by atoms with Gasteiger partial charge in [-0.2, -0.15) is 0 Å². The van der Waals surface area contributed by atoms with Gasteiger partial charge in [-0.15, -0.1) is 0 Å². The first-order chi connectivity index (χ1) is 22.5. The van der Waals surface area contributed by atoms with E-state index >= 15 is 4.39 Å². The highest BCUT2D eigenvalue weighted by Crippen LogP contribution is 2.47. The lowest BCUT2D eigenvalue weighted by atomic mass is 10.0. The van der Waals surface area contributed by atoms with Crippen molar-refractivity contribution < 1.29 is 27.8 Å². The Hall–Kier alpha value is -4.49. The van der Waals surface area contributed by atoms with Gasteiger partial charge in [0.25, 0.3) is 5.91 Å². The first kappa shape index (κ1) is 28.9. The first-order valence-electron chi connectivity index (χ1n) is 15.7. The number of benzene rings is 3. The molecule has 0 radical (unpaired) electrons. The van der Waals surface area contributed by atoms with Crippen LogP contribution >= 0.6 is 0 Å². The molecule has 2 aromatic heterocycles. The van der Waals surface area contributed by atoms with Gasteiger partial charge in [-0.3, -0.25) is 19.4 Å². The van der Waals surface area contributed by atoms with Crippen molar-refractivity contribution in [2.24, 2.45) is 0 Å². The molecular weight excluding hydrogens is 593 g/mol. The Morgan fingerprint density at radius 3 is 2.33 bits per heavy atom. The van der Waals surface area contributed by atoms with E-state index in [1.165, 1.54) is 12.3 Å². The number of carbonyl (C=O) groups is 1. The Kier molecular flexibility index (Phi) is 7.57. The van der Waals surface area contributed by atoms with Gasteiger partial charge >= 0.3 is 0 Å². The van der Waals surface area contributed by atoms with Crippen LogP contribution in [0.1, 0.15) is 10.4 Å². The summed E-state index contributed by atoms with van der Waals surface area (Å²) >= 11 is 0. The SMILES string of the molecule is O=C(NCCN1CCOCC1)c1cn2c3c(c(NCCN4CCOCC4)c(F)cc3c1=O)Oc1cc3c(cc1-2)oc1ccccc13. The van der Waals surface area contributed by atoms with E-state index in [4.69, 9.17) is 18.6 Å². The average molecular weight is 628 g/mol. The van der Waals surface area contributed by atoms with Crippen LogP contribution in [0.25, 0.3) is 38.5 Å². The van der Waals surface area contributed by atoms with Crippen LogP contribution in [0.2, 0.25) is 0 Å². The number of anilines is 1. The molecule has 5 heterocycles. The van der Waals surface area contributed by atoms with Gasteiger partial charge < -0.3 is 33.8 Å². The van der Waals surface area contributed by atoms with Gasteiger partial charge in [0, 0.05) is 75.4 Å². The number of hydrogen-bond donors (Lipinski definition) is 2. The Labute approximate surface area is 263 Å². The maximum absolute atomic E-state index is 15.9. The van der Waals surface area contributed by atoms with E-state index in [-0.39, 0.29) is 22.4 Å². The largest absolute Gasteiger partial charge is 0.456 e.